The zero-order chi connectivity index (χ0) is 15.5. The maximum Gasteiger partial charge on any atom is 0.213 e. The summed E-state index contributed by atoms with van der Waals surface area (Å²) in [6.45, 7) is 4.45. The summed E-state index contributed by atoms with van der Waals surface area (Å²) < 4.78 is 2.31. The molecule has 0 fully saturated rings. The van der Waals surface area contributed by atoms with E-state index in [9.17, 15) is 0 Å². The molecule has 1 aromatic heterocycles. The molecule has 2 aromatic carbocycles. The van der Waals surface area contributed by atoms with Crippen molar-refractivity contribution in [2.75, 3.05) is 0 Å². The summed E-state index contributed by atoms with van der Waals surface area (Å²) in [5.74, 6) is 0. The Labute approximate surface area is 133 Å². The number of aryl methyl sites for hydroxylation is 3. The highest BCUT2D eigenvalue weighted by Gasteiger charge is 2.15. The fourth-order valence-electron chi connectivity index (χ4n) is 3.10. The number of nitrogens with zero attached hydrogens (tertiary/aromatic N) is 1. The molecule has 112 valence electrons. The summed E-state index contributed by atoms with van der Waals surface area (Å²) in [4.78, 5) is 0. The van der Waals surface area contributed by atoms with Gasteiger partial charge in [0.05, 0.1) is 0 Å². The molecule has 0 aliphatic heterocycles. The molecule has 0 bridgehead atoms. The van der Waals surface area contributed by atoms with Gasteiger partial charge in [0.2, 0.25) is 11.2 Å². The van der Waals surface area contributed by atoms with Crippen molar-refractivity contribution in [2.24, 2.45) is 7.05 Å². The molecule has 1 heterocycles. The fraction of sp³-hybridized carbons (Fsp3) is 0.286. The van der Waals surface area contributed by atoms with Crippen molar-refractivity contribution >= 4 is 10.9 Å². The largest absolute Gasteiger partial charge is 0.213 e. The summed E-state index contributed by atoms with van der Waals surface area (Å²) in [5, 5.41) is 1.29. The average Bonchev–Trinajstić information content (AvgIpc) is 2.55. The van der Waals surface area contributed by atoms with Crippen LogP contribution in [0.25, 0.3) is 22.2 Å². The standard InChI is InChI=1S/C21H24N/c1-4-5-8-17-12-11-16(2)19(15-17)21-14-13-18-9-6-7-10-20(18)22(21)3/h6-7,9-15H,4-5,8H2,1-3H3/q+1. The summed E-state index contributed by atoms with van der Waals surface area (Å²) >= 11 is 0. The Morgan fingerprint density at radius 3 is 2.59 bits per heavy atom. The van der Waals surface area contributed by atoms with E-state index >= 15 is 0 Å². The third kappa shape index (κ3) is 2.76. The lowest BCUT2D eigenvalue weighted by molar-refractivity contribution is -0.633. The first kappa shape index (κ1) is 14.8. The topological polar surface area (TPSA) is 3.88 Å². The Balaban J connectivity index is 2.12. The Kier molecular flexibility index (Phi) is 4.24. The lowest BCUT2D eigenvalue weighted by atomic mass is 9.98. The van der Waals surface area contributed by atoms with Gasteiger partial charge < -0.3 is 0 Å². The van der Waals surface area contributed by atoms with Gasteiger partial charge in [-0.3, -0.25) is 0 Å². The SMILES string of the molecule is CCCCc1ccc(C)c(-c2ccc3ccccc3[n+]2C)c1. The molecule has 0 saturated heterocycles. The summed E-state index contributed by atoms with van der Waals surface area (Å²) in [6.07, 6.45) is 3.67. The first-order valence-electron chi connectivity index (χ1n) is 8.18. The van der Waals surface area contributed by atoms with E-state index in [4.69, 9.17) is 0 Å². The summed E-state index contributed by atoms with van der Waals surface area (Å²) in [6, 6.07) is 19.9. The predicted octanol–water partition coefficient (Wildman–Crippen LogP) is 4.98. The van der Waals surface area contributed by atoms with E-state index < -0.39 is 0 Å². The average molecular weight is 290 g/mol. The van der Waals surface area contributed by atoms with Gasteiger partial charge in [0.15, 0.2) is 0 Å². The first-order valence-corrected chi connectivity index (χ1v) is 8.18. The minimum absolute atomic E-state index is 1.17. The lowest BCUT2D eigenvalue weighted by Gasteiger charge is -2.09. The van der Waals surface area contributed by atoms with E-state index in [0.29, 0.717) is 0 Å². The van der Waals surface area contributed by atoms with Gasteiger partial charge in [-0.1, -0.05) is 37.6 Å². The molecule has 3 aromatic rings. The van der Waals surface area contributed by atoms with Crippen LogP contribution in [0.4, 0.5) is 0 Å². The van der Waals surface area contributed by atoms with Gasteiger partial charge in [-0.05, 0) is 49.1 Å². The quantitative estimate of drug-likeness (QED) is 0.596. The Morgan fingerprint density at radius 2 is 1.77 bits per heavy atom. The van der Waals surface area contributed by atoms with Crippen molar-refractivity contribution in [2.45, 2.75) is 33.1 Å². The molecule has 0 N–H and O–H groups in total. The van der Waals surface area contributed by atoms with Crippen LogP contribution in [0.1, 0.15) is 30.9 Å². The number of aromatic nitrogens is 1. The van der Waals surface area contributed by atoms with Crippen LogP contribution in [0.2, 0.25) is 0 Å². The van der Waals surface area contributed by atoms with Crippen LogP contribution < -0.4 is 4.57 Å². The number of fused-ring (bicyclic) bond motifs is 1. The number of unbranched alkanes of at least 4 members (excludes halogenated alkanes) is 1. The predicted molar refractivity (Wildman–Crippen MR) is 93.9 cm³/mol. The Bertz CT molecular complexity index is 802. The van der Waals surface area contributed by atoms with Crippen molar-refractivity contribution in [3.8, 4) is 11.3 Å². The molecule has 0 aliphatic carbocycles. The van der Waals surface area contributed by atoms with Crippen molar-refractivity contribution in [1.29, 1.82) is 0 Å². The van der Waals surface area contributed by atoms with Gasteiger partial charge in [0, 0.05) is 23.1 Å². The zero-order valence-corrected chi connectivity index (χ0v) is 13.8. The van der Waals surface area contributed by atoms with Crippen LogP contribution in [-0.2, 0) is 13.5 Å². The maximum absolute atomic E-state index is 2.37. The fourth-order valence-corrected chi connectivity index (χ4v) is 3.10. The molecule has 0 unspecified atom stereocenters. The van der Waals surface area contributed by atoms with Gasteiger partial charge in [-0.2, -0.15) is 4.57 Å². The Hall–Kier alpha value is -2.15. The number of para-hydroxylation sites is 1. The van der Waals surface area contributed by atoms with Crippen LogP contribution in [-0.4, -0.2) is 0 Å². The Morgan fingerprint density at radius 1 is 0.955 bits per heavy atom. The van der Waals surface area contributed by atoms with E-state index in [1.165, 1.54) is 52.5 Å². The number of pyridine rings is 1. The highest BCUT2D eigenvalue weighted by Crippen LogP contribution is 2.24. The van der Waals surface area contributed by atoms with E-state index in [-0.39, 0.29) is 0 Å². The minimum Gasteiger partial charge on any atom is -0.194 e. The van der Waals surface area contributed by atoms with Crippen LogP contribution in [0.5, 0.6) is 0 Å². The third-order valence-corrected chi connectivity index (χ3v) is 4.48. The first-order chi connectivity index (χ1) is 10.7. The zero-order valence-electron chi connectivity index (χ0n) is 13.8. The number of benzene rings is 2. The van der Waals surface area contributed by atoms with Gasteiger partial charge in [-0.25, -0.2) is 0 Å². The van der Waals surface area contributed by atoms with Gasteiger partial charge in [0.25, 0.3) is 0 Å². The van der Waals surface area contributed by atoms with Crippen LogP contribution in [0.15, 0.2) is 54.6 Å². The number of hydrogen-bond donors (Lipinski definition) is 0. The van der Waals surface area contributed by atoms with E-state index in [1.54, 1.807) is 0 Å². The molecule has 0 atom stereocenters. The lowest BCUT2D eigenvalue weighted by Crippen LogP contribution is -2.32. The van der Waals surface area contributed by atoms with Crippen molar-refractivity contribution < 1.29 is 4.57 Å². The molecule has 1 heteroatoms. The van der Waals surface area contributed by atoms with Crippen LogP contribution >= 0.6 is 0 Å². The molecule has 0 amide bonds. The molecule has 1 nitrogen and oxygen atoms in total. The molecule has 0 aliphatic rings. The molecule has 0 spiro atoms. The number of rotatable bonds is 4. The van der Waals surface area contributed by atoms with E-state index in [2.05, 4.69) is 80.1 Å². The van der Waals surface area contributed by atoms with Crippen molar-refractivity contribution in [1.82, 2.24) is 0 Å². The monoisotopic (exact) mass is 290 g/mol. The van der Waals surface area contributed by atoms with Gasteiger partial charge in [-0.15, -0.1) is 0 Å². The van der Waals surface area contributed by atoms with E-state index in [0.717, 1.165) is 0 Å². The number of hydrogen-bond acceptors (Lipinski definition) is 0. The van der Waals surface area contributed by atoms with Gasteiger partial charge in [0.1, 0.15) is 7.05 Å². The normalized spacial score (nSPS) is 11.0. The minimum atomic E-state index is 1.17. The molecule has 3 rings (SSSR count). The highest BCUT2D eigenvalue weighted by molar-refractivity contribution is 5.77. The summed E-state index contributed by atoms with van der Waals surface area (Å²) in [7, 11) is 2.16. The molecule has 0 radical (unpaired) electrons. The maximum atomic E-state index is 2.37. The molecular formula is C21H24N+. The molecule has 22 heavy (non-hydrogen) atoms. The van der Waals surface area contributed by atoms with Gasteiger partial charge >= 0.3 is 0 Å². The van der Waals surface area contributed by atoms with Crippen LogP contribution in [0, 0.1) is 6.92 Å². The summed E-state index contributed by atoms with van der Waals surface area (Å²) in [5.41, 5.74) is 6.69. The second-order valence-corrected chi connectivity index (χ2v) is 6.09. The third-order valence-electron chi connectivity index (χ3n) is 4.48. The van der Waals surface area contributed by atoms with Crippen molar-refractivity contribution in [3.05, 3.63) is 65.7 Å². The van der Waals surface area contributed by atoms with Crippen LogP contribution in [0.3, 0.4) is 0 Å². The van der Waals surface area contributed by atoms with E-state index in [1.807, 2.05) is 0 Å². The van der Waals surface area contributed by atoms with Crippen molar-refractivity contribution in [3.63, 3.8) is 0 Å². The molecular weight excluding hydrogens is 266 g/mol. The smallest absolute Gasteiger partial charge is 0.194 e. The second-order valence-electron chi connectivity index (χ2n) is 6.09. The second kappa shape index (κ2) is 6.31. The molecule has 0 saturated carbocycles. The highest BCUT2D eigenvalue weighted by atomic mass is 14.9.